The number of barbiturate groups is 1. The van der Waals surface area contributed by atoms with Gasteiger partial charge in [-0.15, -0.1) is 0 Å². The monoisotopic (exact) mass is 400 g/mol. The third-order valence-corrected chi connectivity index (χ3v) is 4.31. The van der Waals surface area contributed by atoms with E-state index in [4.69, 9.17) is 0 Å². The molecule has 0 aliphatic carbocycles. The highest BCUT2D eigenvalue weighted by atomic mass is 79.9. The molecule has 4 amide bonds. The maximum atomic E-state index is 12.7. The molecule has 2 aromatic rings. The highest BCUT2D eigenvalue weighted by Gasteiger charge is 2.36. The van der Waals surface area contributed by atoms with E-state index >= 15 is 0 Å². The zero-order chi connectivity index (χ0) is 18.1. The Kier molecular flexibility index (Phi) is 4.41. The zero-order valence-corrected chi connectivity index (χ0v) is 14.7. The van der Waals surface area contributed by atoms with Gasteiger partial charge in [-0.2, -0.15) is 0 Å². The van der Waals surface area contributed by atoms with Crippen molar-refractivity contribution >= 4 is 45.5 Å². The number of rotatable bonds is 2. The molecular weight excluding hydrogens is 388 g/mol. The molecule has 0 aromatic heterocycles. The molecule has 0 unspecified atom stereocenters. The Morgan fingerprint density at radius 3 is 2.40 bits per heavy atom. The molecule has 25 heavy (non-hydrogen) atoms. The van der Waals surface area contributed by atoms with E-state index in [2.05, 4.69) is 21.2 Å². The van der Waals surface area contributed by atoms with E-state index in [1.54, 1.807) is 36.4 Å². The molecule has 1 heterocycles. The summed E-state index contributed by atoms with van der Waals surface area (Å²) in [5, 5.41) is 11.7. The molecule has 0 bridgehead atoms. The molecule has 2 aromatic carbocycles. The number of phenols is 1. The van der Waals surface area contributed by atoms with Crippen molar-refractivity contribution in [2.45, 2.75) is 6.92 Å². The minimum absolute atomic E-state index is 0.0398. The summed E-state index contributed by atoms with van der Waals surface area (Å²) >= 11 is 3.18. The van der Waals surface area contributed by atoms with Gasteiger partial charge in [0.1, 0.15) is 11.3 Å². The predicted molar refractivity (Wildman–Crippen MR) is 96.0 cm³/mol. The highest BCUT2D eigenvalue weighted by molar-refractivity contribution is 9.10. The fourth-order valence-electron chi connectivity index (χ4n) is 2.37. The average molecular weight is 401 g/mol. The third kappa shape index (κ3) is 3.32. The summed E-state index contributed by atoms with van der Waals surface area (Å²) in [6.45, 7) is 1.89. The number of halogens is 1. The van der Waals surface area contributed by atoms with Crippen molar-refractivity contribution < 1.29 is 19.5 Å². The summed E-state index contributed by atoms with van der Waals surface area (Å²) in [4.78, 5) is 37.8. The standard InChI is InChI=1S/C18H13BrN2O4/c1-10-2-5-12(6-3-10)21-17(24)13(16(23)20-18(21)25)8-11-4-7-15(22)14(19)9-11/h2-9,22H,1H3,(H,20,23,25)/b13-8+. The van der Waals surface area contributed by atoms with Gasteiger partial charge in [-0.1, -0.05) is 23.8 Å². The maximum Gasteiger partial charge on any atom is 0.335 e. The molecule has 6 nitrogen and oxygen atoms in total. The maximum absolute atomic E-state index is 12.7. The second kappa shape index (κ2) is 6.52. The Labute approximate surface area is 151 Å². The lowest BCUT2D eigenvalue weighted by molar-refractivity contribution is -0.122. The van der Waals surface area contributed by atoms with Gasteiger partial charge in [0, 0.05) is 0 Å². The van der Waals surface area contributed by atoms with Crippen LogP contribution in [0, 0.1) is 6.92 Å². The predicted octanol–water partition coefficient (Wildman–Crippen LogP) is 3.13. The smallest absolute Gasteiger partial charge is 0.335 e. The molecule has 0 radical (unpaired) electrons. The van der Waals surface area contributed by atoms with Gasteiger partial charge in [-0.05, 0) is 58.8 Å². The second-order valence-corrected chi connectivity index (χ2v) is 6.36. The Bertz CT molecular complexity index is 919. The van der Waals surface area contributed by atoms with Crippen molar-refractivity contribution in [3.05, 3.63) is 63.6 Å². The zero-order valence-electron chi connectivity index (χ0n) is 13.1. The fraction of sp³-hybridized carbons (Fsp3) is 0.0556. The van der Waals surface area contributed by atoms with Gasteiger partial charge in [0.25, 0.3) is 11.8 Å². The van der Waals surface area contributed by atoms with E-state index in [1.807, 2.05) is 6.92 Å². The Morgan fingerprint density at radius 1 is 1.08 bits per heavy atom. The van der Waals surface area contributed by atoms with Crippen LogP contribution in [-0.2, 0) is 9.59 Å². The SMILES string of the molecule is Cc1ccc(N2C(=O)NC(=O)/C(=C\c3ccc(O)c(Br)c3)C2=O)cc1. The quantitative estimate of drug-likeness (QED) is 0.598. The van der Waals surface area contributed by atoms with E-state index in [-0.39, 0.29) is 11.3 Å². The number of imide groups is 2. The molecule has 0 saturated carbocycles. The van der Waals surface area contributed by atoms with Gasteiger partial charge in [0.05, 0.1) is 10.2 Å². The number of urea groups is 1. The first-order valence-electron chi connectivity index (χ1n) is 7.33. The second-order valence-electron chi connectivity index (χ2n) is 5.50. The van der Waals surface area contributed by atoms with Crippen molar-refractivity contribution in [1.82, 2.24) is 5.32 Å². The van der Waals surface area contributed by atoms with Crippen molar-refractivity contribution in [2.75, 3.05) is 4.90 Å². The highest BCUT2D eigenvalue weighted by Crippen LogP contribution is 2.27. The molecule has 126 valence electrons. The van der Waals surface area contributed by atoms with E-state index in [9.17, 15) is 19.5 Å². The lowest BCUT2D eigenvalue weighted by atomic mass is 10.1. The molecule has 1 fully saturated rings. The van der Waals surface area contributed by atoms with Crippen LogP contribution >= 0.6 is 15.9 Å². The van der Waals surface area contributed by atoms with E-state index < -0.39 is 17.8 Å². The molecular formula is C18H13BrN2O4. The number of aromatic hydroxyl groups is 1. The number of hydrogen-bond acceptors (Lipinski definition) is 4. The topological polar surface area (TPSA) is 86.7 Å². The molecule has 1 aliphatic heterocycles. The summed E-state index contributed by atoms with van der Waals surface area (Å²) in [5.41, 5.74) is 1.71. The van der Waals surface area contributed by atoms with Gasteiger partial charge in [-0.25, -0.2) is 9.69 Å². The molecule has 1 aliphatic rings. The van der Waals surface area contributed by atoms with Crippen LogP contribution in [0.5, 0.6) is 5.75 Å². The number of aryl methyl sites for hydroxylation is 1. The fourth-order valence-corrected chi connectivity index (χ4v) is 2.76. The first-order valence-corrected chi connectivity index (χ1v) is 8.13. The molecule has 2 N–H and O–H groups in total. The van der Waals surface area contributed by atoms with Crippen molar-refractivity contribution in [3.8, 4) is 5.75 Å². The van der Waals surface area contributed by atoms with Crippen LogP contribution in [-0.4, -0.2) is 23.0 Å². The molecule has 7 heteroatoms. The van der Waals surface area contributed by atoms with Crippen LogP contribution < -0.4 is 10.2 Å². The number of amides is 4. The Morgan fingerprint density at radius 2 is 1.76 bits per heavy atom. The molecule has 0 atom stereocenters. The molecule has 1 saturated heterocycles. The van der Waals surface area contributed by atoms with Gasteiger partial charge in [0.15, 0.2) is 0 Å². The number of nitrogens with zero attached hydrogens (tertiary/aromatic N) is 1. The van der Waals surface area contributed by atoms with Gasteiger partial charge >= 0.3 is 6.03 Å². The van der Waals surface area contributed by atoms with Crippen LogP contribution in [0.2, 0.25) is 0 Å². The summed E-state index contributed by atoms with van der Waals surface area (Å²) in [6.07, 6.45) is 1.37. The largest absolute Gasteiger partial charge is 0.507 e. The molecule has 3 rings (SSSR count). The number of carbonyl (C=O) groups excluding carboxylic acids is 3. The Hall–Kier alpha value is -2.93. The third-order valence-electron chi connectivity index (χ3n) is 3.68. The minimum Gasteiger partial charge on any atom is -0.507 e. The number of nitrogens with one attached hydrogen (secondary N) is 1. The van der Waals surface area contributed by atoms with Crippen molar-refractivity contribution in [2.24, 2.45) is 0 Å². The number of anilines is 1. The number of carbonyl (C=O) groups is 3. The number of benzene rings is 2. The summed E-state index contributed by atoms with van der Waals surface area (Å²) in [5.74, 6) is -1.43. The van der Waals surface area contributed by atoms with Crippen LogP contribution in [0.1, 0.15) is 11.1 Å². The van der Waals surface area contributed by atoms with Crippen LogP contribution in [0.15, 0.2) is 52.5 Å². The Balaban J connectivity index is 2.01. The summed E-state index contributed by atoms with van der Waals surface area (Å²) in [7, 11) is 0. The first kappa shape index (κ1) is 16.9. The lowest BCUT2D eigenvalue weighted by Gasteiger charge is -2.26. The van der Waals surface area contributed by atoms with E-state index in [0.29, 0.717) is 15.7 Å². The van der Waals surface area contributed by atoms with Gasteiger partial charge < -0.3 is 5.11 Å². The molecule has 0 spiro atoms. The van der Waals surface area contributed by atoms with Crippen molar-refractivity contribution in [1.29, 1.82) is 0 Å². The van der Waals surface area contributed by atoms with Crippen molar-refractivity contribution in [3.63, 3.8) is 0 Å². The summed E-state index contributed by atoms with van der Waals surface area (Å²) < 4.78 is 0.428. The van der Waals surface area contributed by atoms with Gasteiger partial charge in [0.2, 0.25) is 0 Å². The number of phenolic OH excluding ortho intramolecular Hbond substituents is 1. The first-order chi connectivity index (χ1) is 11.9. The average Bonchev–Trinajstić information content (AvgIpc) is 2.56. The summed E-state index contributed by atoms with van der Waals surface area (Å²) in [6, 6.07) is 10.6. The van der Waals surface area contributed by atoms with Crippen LogP contribution in [0.4, 0.5) is 10.5 Å². The van der Waals surface area contributed by atoms with Crippen LogP contribution in [0.25, 0.3) is 6.08 Å². The van der Waals surface area contributed by atoms with Gasteiger partial charge in [-0.3, -0.25) is 14.9 Å². The van der Waals surface area contributed by atoms with E-state index in [0.717, 1.165) is 10.5 Å². The normalized spacial score (nSPS) is 16.3. The number of hydrogen-bond donors (Lipinski definition) is 2. The minimum atomic E-state index is -0.789. The van der Waals surface area contributed by atoms with E-state index in [1.165, 1.54) is 12.1 Å². The lowest BCUT2D eigenvalue weighted by Crippen LogP contribution is -2.54. The van der Waals surface area contributed by atoms with Crippen LogP contribution in [0.3, 0.4) is 0 Å².